The van der Waals surface area contributed by atoms with Crippen LogP contribution in [0.5, 0.6) is 0 Å². The van der Waals surface area contributed by atoms with Crippen molar-refractivity contribution < 1.29 is 4.74 Å². The first-order valence-electron chi connectivity index (χ1n) is 6.84. The molecule has 0 spiro atoms. The first-order valence-corrected chi connectivity index (χ1v) is 6.84. The number of anilines is 2. The highest BCUT2D eigenvalue weighted by Gasteiger charge is 2.14. The fraction of sp³-hybridized carbons (Fsp3) is 0.692. The molecule has 0 bridgehead atoms. The molecule has 108 valence electrons. The lowest BCUT2D eigenvalue weighted by molar-refractivity contribution is 0.154. The lowest BCUT2D eigenvalue weighted by Gasteiger charge is -2.24. The van der Waals surface area contributed by atoms with Crippen molar-refractivity contribution in [2.24, 2.45) is 5.84 Å². The van der Waals surface area contributed by atoms with E-state index in [9.17, 15) is 0 Å². The van der Waals surface area contributed by atoms with Gasteiger partial charge in [0.15, 0.2) is 0 Å². The van der Waals surface area contributed by atoms with Crippen molar-refractivity contribution in [2.75, 3.05) is 36.6 Å². The smallest absolute Gasteiger partial charge is 0.148 e. The topological polar surface area (TPSA) is 76.3 Å². The Bertz CT molecular complexity index is 397. The standard InChI is InChI=1S/C13H25N5O/c1-5-11-15-12(17-14)10(4)13(16-11)18(6-2)8-9-19-7-3/h5-9,14H2,1-4H3,(H,15,16,17). The van der Waals surface area contributed by atoms with Crippen LogP contribution in [-0.2, 0) is 11.2 Å². The zero-order valence-electron chi connectivity index (χ0n) is 12.4. The molecule has 0 saturated heterocycles. The number of nitrogen functional groups attached to an aromatic ring is 1. The molecule has 0 unspecified atom stereocenters. The molecule has 1 heterocycles. The highest BCUT2D eigenvalue weighted by Crippen LogP contribution is 2.23. The summed E-state index contributed by atoms with van der Waals surface area (Å²) >= 11 is 0. The number of nitrogens with one attached hydrogen (secondary N) is 1. The molecule has 0 amide bonds. The number of ether oxygens (including phenoxy) is 1. The fourth-order valence-corrected chi connectivity index (χ4v) is 1.89. The Balaban J connectivity index is 3.00. The summed E-state index contributed by atoms with van der Waals surface area (Å²) in [5.74, 6) is 7.94. The minimum atomic E-state index is 0.691. The van der Waals surface area contributed by atoms with Crippen LogP contribution in [0.2, 0.25) is 0 Å². The molecule has 1 aromatic heterocycles. The van der Waals surface area contributed by atoms with Crippen molar-refractivity contribution >= 4 is 11.6 Å². The molecular weight excluding hydrogens is 242 g/mol. The third kappa shape index (κ3) is 4.04. The molecule has 6 heteroatoms. The van der Waals surface area contributed by atoms with Gasteiger partial charge < -0.3 is 15.1 Å². The van der Waals surface area contributed by atoms with Crippen molar-refractivity contribution in [2.45, 2.75) is 34.1 Å². The summed E-state index contributed by atoms with van der Waals surface area (Å²) in [5, 5.41) is 0. The maximum Gasteiger partial charge on any atom is 0.148 e. The van der Waals surface area contributed by atoms with Crippen molar-refractivity contribution in [3.63, 3.8) is 0 Å². The lowest BCUT2D eigenvalue weighted by atomic mass is 10.2. The van der Waals surface area contributed by atoms with Crippen molar-refractivity contribution in [3.05, 3.63) is 11.4 Å². The van der Waals surface area contributed by atoms with Crippen LogP contribution in [0.25, 0.3) is 0 Å². The second-order valence-corrected chi connectivity index (χ2v) is 4.21. The molecule has 3 N–H and O–H groups in total. The van der Waals surface area contributed by atoms with Gasteiger partial charge in [-0.3, -0.25) is 0 Å². The van der Waals surface area contributed by atoms with Gasteiger partial charge in [0.2, 0.25) is 0 Å². The van der Waals surface area contributed by atoms with Crippen LogP contribution in [0.4, 0.5) is 11.6 Å². The number of rotatable bonds is 8. The van der Waals surface area contributed by atoms with Gasteiger partial charge in [0.1, 0.15) is 17.5 Å². The molecule has 0 aliphatic heterocycles. The van der Waals surface area contributed by atoms with E-state index < -0.39 is 0 Å². The van der Waals surface area contributed by atoms with Gasteiger partial charge in [-0.1, -0.05) is 6.92 Å². The molecule has 0 aliphatic rings. The van der Waals surface area contributed by atoms with E-state index in [1.807, 2.05) is 20.8 Å². The Hall–Kier alpha value is -1.40. The molecule has 0 aromatic carbocycles. The molecule has 0 radical (unpaired) electrons. The number of hydrazine groups is 1. The number of hydrogen-bond acceptors (Lipinski definition) is 6. The first-order chi connectivity index (χ1) is 9.17. The zero-order chi connectivity index (χ0) is 14.3. The largest absolute Gasteiger partial charge is 0.380 e. The third-order valence-electron chi connectivity index (χ3n) is 3.01. The number of likely N-dealkylation sites (N-methyl/N-ethyl adjacent to an activating group) is 1. The SMILES string of the molecule is CCOCCN(CC)c1nc(CC)nc(NN)c1C. The van der Waals surface area contributed by atoms with E-state index in [0.717, 1.165) is 43.3 Å². The fourth-order valence-electron chi connectivity index (χ4n) is 1.89. The number of nitrogens with two attached hydrogens (primary N) is 1. The monoisotopic (exact) mass is 267 g/mol. The van der Waals surface area contributed by atoms with Gasteiger partial charge in [-0.25, -0.2) is 15.8 Å². The van der Waals surface area contributed by atoms with Gasteiger partial charge in [-0.2, -0.15) is 0 Å². The van der Waals surface area contributed by atoms with Crippen molar-refractivity contribution in [3.8, 4) is 0 Å². The molecule has 1 aromatic rings. The second kappa shape index (κ2) is 7.91. The normalized spacial score (nSPS) is 10.6. The van der Waals surface area contributed by atoms with Gasteiger partial charge in [-0.05, 0) is 20.8 Å². The molecule has 0 aliphatic carbocycles. The highest BCUT2D eigenvalue weighted by molar-refractivity contribution is 5.58. The number of nitrogens with zero attached hydrogens (tertiary/aromatic N) is 3. The number of hydrogen-bond donors (Lipinski definition) is 2. The van der Waals surface area contributed by atoms with E-state index in [0.29, 0.717) is 12.4 Å². The van der Waals surface area contributed by atoms with E-state index in [1.54, 1.807) is 0 Å². The predicted octanol–water partition coefficient (Wildman–Crippen LogP) is 1.50. The lowest BCUT2D eigenvalue weighted by Crippen LogP contribution is -2.30. The van der Waals surface area contributed by atoms with E-state index >= 15 is 0 Å². The summed E-state index contributed by atoms with van der Waals surface area (Å²) in [6.45, 7) is 11.2. The summed E-state index contributed by atoms with van der Waals surface area (Å²) in [4.78, 5) is 11.2. The predicted molar refractivity (Wildman–Crippen MR) is 78.3 cm³/mol. The quantitative estimate of drug-likeness (QED) is 0.422. The van der Waals surface area contributed by atoms with Gasteiger partial charge >= 0.3 is 0 Å². The number of aryl methyl sites for hydroxylation is 1. The molecule has 19 heavy (non-hydrogen) atoms. The summed E-state index contributed by atoms with van der Waals surface area (Å²) in [5.41, 5.74) is 3.62. The van der Waals surface area contributed by atoms with Crippen LogP contribution in [0, 0.1) is 6.92 Å². The Morgan fingerprint density at radius 2 is 2.00 bits per heavy atom. The van der Waals surface area contributed by atoms with Crippen molar-refractivity contribution in [1.29, 1.82) is 0 Å². The Morgan fingerprint density at radius 1 is 1.26 bits per heavy atom. The molecular formula is C13H25N5O. The molecule has 1 rings (SSSR count). The van der Waals surface area contributed by atoms with E-state index in [2.05, 4.69) is 27.2 Å². The Labute approximate surface area is 115 Å². The van der Waals surface area contributed by atoms with Gasteiger partial charge in [-0.15, -0.1) is 0 Å². The Morgan fingerprint density at radius 3 is 2.53 bits per heavy atom. The van der Waals surface area contributed by atoms with E-state index in [4.69, 9.17) is 10.6 Å². The Kier molecular flexibility index (Phi) is 6.52. The van der Waals surface area contributed by atoms with E-state index in [1.165, 1.54) is 0 Å². The minimum Gasteiger partial charge on any atom is -0.380 e. The van der Waals surface area contributed by atoms with Crippen LogP contribution >= 0.6 is 0 Å². The number of aromatic nitrogens is 2. The van der Waals surface area contributed by atoms with Gasteiger partial charge in [0.25, 0.3) is 0 Å². The summed E-state index contributed by atoms with van der Waals surface area (Å²) < 4.78 is 5.41. The molecule has 0 fully saturated rings. The first kappa shape index (κ1) is 15.7. The van der Waals surface area contributed by atoms with Crippen LogP contribution in [0.15, 0.2) is 0 Å². The van der Waals surface area contributed by atoms with E-state index in [-0.39, 0.29) is 0 Å². The average Bonchev–Trinajstić information content (AvgIpc) is 2.44. The zero-order valence-corrected chi connectivity index (χ0v) is 12.4. The molecule has 6 nitrogen and oxygen atoms in total. The third-order valence-corrected chi connectivity index (χ3v) is 3.01. The highest BCUT2D eigenvalue weighted by atomic mass is 16.5. The maximum absolute atomic E-state index is 5.52. The van der Waals surface area contributed by atoms with Gasteiger partial charge in [0.05, 0.1) is 6.61 Å². The molecule has 0 saturated carbocycles. The maximum atomic E-state index is 5.52. The summed E-state index contributed by atoms with van der Waals surface area (Å²) in [6, 6.07) is 0. The van der Waals surface area contributed by atoms with Crippen LogP contribution in [-0.4, -0.2) is 36.3 Å². The second-order valence-electron chi connectivity index (χ2n) is 4.21. The minimum absolute atomic E-state index is 0.691. The van der Waals surface area contributed by atoms with Crippen LogP contribution < -0.4 is 16.2 Å². The summed E-state index contributed by atoms with van der Waals surface area (Å²) in [6.07, 6.45) is 0.783. The summed E-state index contributed by atoms with van der Waals surface area (Å²) in [7, 11) is 0. The van der Waals surface area contributed by atoms with Crippen LogP contribution in [0.1, 0.15) is 32.2 Å². The average molecular weight is 267 g/mol. The molecule has 0 atom stereocenters. The van der Waals surface area contributed by atoms with Gasteiger partial charge in [0, 0.05) is 31.7 Å². The van der Waals surface area contributed by atoms with Crippen LogP contribution in [0.3, 0.4) is 0 Å². The van der Waals surface area contributed by atoms with Crippen molar-refractivity contribution in [1.82, 2.24) is 9.97 Å².